The molecular weight excluding hydrogens is 485 g/mol. The van der Waals surface area contributed by atoms with E-state index in [1.807, 2.05) is 6.07 Å². The molecule has 2 aromatic heterocycles. The minimum atomic E-state index is -0.300. The smallest absolute Gasteiger partial charge is 0.351 e. The Morgan fingerprint density at radius 2 is 2.21 bits per heavy atom. The molecule has 4 heterocycles. The number of nitrogens with zero attached hydrogens (tertiary/aromatic N) is 3. The summed E-state index contributed by atoms with van der Waals surface area (Å²) in [6.07, 6.45) is 2.19. The Balaban J connectivity index is 1.37. The number of aromatic nitrogens is 3. The van der Waals surface area contributed by atoms with Crippen LogP contribution in [0.1, 0.15) is 11.1 Å². The maximum Gasteiger partial charge on any atom is 0.351 e. The lowest BCUT2D eigenvalue weighted by molar-refractivity contribution is 0.0486. The van der Waals surface area contributed by atoms with E-state index in [2.05, 4.69) is 50.8 Å². The number of fused-ring (bicyclic) bond motifs is 4. The number of ether oxygens (including phenoxy) is 3. The van der Waals surface area contributed by atoms with Gasteiger partial charge in [-0.15, -0.1) is 0 Å². The van der Waals surface area contributed by atoms with Crippen LogP contribution in [-0.2, 0) is 17.4 Å². The molecule has 0 saturated heterocycles. The molecular formula is C21H18IN3O4. The third-order valence-corrected chi connectivity index (χ3v) is 5.93. The van der Waals surface area contributed by atoms with Gasteiger partial charge in [0.05, 0.1) is 5.69 Å². The largest absolute Gasteiger partial charge is 0.478 e. The molecule has 148 valence electrons. The van der Waals surface area contributed by atoms with Crippen LogP contribution in [0.3, 0.4) is 0 Å². The normalized spacial score (nSPS) is 16.7. The van der Waals surface area contributed by atoms with Crippen molar-refractivity contribution in [1.82, 2.24) is 14.5 Å². The van der Waals surface area contributed by atoms with Gasteiger partial charge in [-0.05, 0) is 29.7 Å². The van der Waals surface area contributed by atoms with Crippen LogP contribution in [0.2, 0.25) is 0 Å². The average Bonchev–Trinajstić information content (AvgIpc) is 2.77. The van der Waals surface area contributed by atoms with Crippen LogP contribution in [-0.4, -0.2) is 33.9 Å². The molecule has 2 aliphatic rings. The van der Waals surface area contributed by atoms with Crippen molar-refractivity contribution >= 4 is 22.6 Å². The molecule has 1 atom stereocenters. The SMILES string of the molecule is O=c1nc(OCC2COc3ncccc3O2)cc2n1CCc1cc(CI)ccc1-2. The fraction of sp³-hybridized carbons (Fsp3) is 0.286. The minimum absolute atomic E-state index is 0.227. The molecule has 0 aliphatic carbocycles. The number of hydrogen-bond donors (Lipinski definition) is 0. The maximum absolute atomic E-state index is 12.5. The van der Waals surface area contributed by atoms with E-state index in [0.717, 1.165) is 22.1 Å². The number of hydrogen-bond acceptors (Lipinski definition) is 6. The minimum Gasteiger partial charge on any atom is -0.478 e. The third kappa shape index (κ3) is 3.57. The maximum atomic E-state index is 12.5. The van der Waals surface area contributed by atoms with E-state index in [9.17, 15) is 4.79 Å². The van der Waals surface area contributed by atoms with Gasteiger partial charge in [0, 0.05) is 28.8 Å². The molecule has 0 saturated carbocycles. The summed E-state index contributed by atoms with van der Waals surface area (Å²) in [4.78, 5) is 20.8. The van der Waals surface area contributed by atoms with Crippen molar-refractivity contribution in [3.05, 3.63) is 64.2 Å². The lowest BCUT2D eigenvalue weighted by Gasteiger charge is -2.25. The van der Waals surface area contributed by atoms with Gasteiger partial charge in [-0.2, -0.15) is 4.98 Å². The Labute approximate surface area is 180 Å². The van der Waals surface area contributed by atoms with Gasteiger partial charge in [-0.25, -0.2) is 9.78 Å². The van der Waals surface area contributed by atoms with Crippen molar-refractivity contribution < 1.29 is 14.2 Å². The summed E-state index contributed by atoms with van der Waals surface area (Å²) in [5.41, 5.74) is 4.15. The van der Waals surface area contributed by atoms with Gasteiger partial charge in [0.25, 0.3) is 5.88 Å². The van der Waals surface area contributed by atoms with Gasteiger partial charge in [0.1, 0.15) is 13.2 Å². The number of aryl methyl sites for hydroxylation is 1. The second-order valence-electron chi connectivity index (χ2n) is 6.96. The van der Waals surface area contributed by atoms with Crippen LogP contribution in [0.4, 0.5) is 0 Å². The van der Waals surface area contributed by atoms with Gasteiger partial charge >= 0.3 is 5.69 Å². The summed E-state index contributed by atoms with van der Waals surface area (Å²) >= 11 is 2.36. The number of benzene rings is 1. The molecule has 0 bridgehead atoms. The standard InChI is InChI=1S/C21H18IN3O4/c22-10-13-3-4-16-14(8-13)5-7-25-17(16)9-19(24-21(25)26)27-11-15-12-28-20-18(29-15)2-1-6-23-20/h1-4,6,8-9,15H,5,7,10-12H2. The van der Waals surface area contributed by atoms with E-state index < -0.39 is 0 Å². The Morgan fingerprint density at radius 3 is 3.10 bits per heavy atom. The summed E-state index contributed by atoms with van der Waals surface area (Å²) in [5.74, 6) is 1.37. The number of rotatable bonds is 4. The first-order valence-electron chi connectivity index (χ1n) is 9.38. The molecule has 0 radical (unpaired) electrons. The molecule has 0 N–H and O–H groups in total. The average molecular weight is 503 g/mol. The first kappa shape index (κ1) is 18.4. The highest BCUT2D eigenvalue weighted by Gasteiger charge is 2.24. The van der Waals surface area contributed by atoms with Crippen molar-refractivity contribution in [2.24, 2.45) is 0 Å². The highest BCUT2D eigenvalue weighted by Crippen LogP contribution is 2.31. The summed E-state index contributed by atoms with van der Waals surface area (Å²) in [7, 11) is 0. The molecule has 1 unspecified atom stereocenters. The molecule has 8 heteroatoms. The van der Waals surface area contributed by atoms with Gasteiger partial charge in [0.15, 0.2) is 11.9 Å². The summed E-state index contributed by atoms with van der Waals surface area (Å²) < 4.78 is 19.9. The fourth-order valence-electron chi connectivity index (χ4n) is 3.64. The van der Waals surface area contributed by atoms with Crippen LogP contribution < -0.4 is 19.9 Å². The van der Waals surface area contributed by atoms with E-state index in [0.29, 0.717) is 30.7 Å². The summed E-state index contributed by atoms with van der Waals surface area (Å²) in [6.45, 7) is 1.18. The molecule has 1 aromatic carbocycles. The second-order valence-corrected chi connectivity index (χ2v) is 7.72. The highest BCUT2D eigenvalue weighted by molar-refractivity contribution is 14.1. The van der Waals surface area contributed by atoms with Gasteiger partial charge in [-0.1, -0.05) is 40.8 Å². The van der Waals surface area contributed by atoms with E-state index in [-0.39, 0.29) is 18.4 Å². The van der Waals surface area contributed by atoms with Crippen LogP contribution in [0.15, 0.2) is 47.4 Å². The lowest BCUT2D eigenvalue weighted by atomic mass is 9.96. The van der Waals surface area contributed by atoms with Crippen LogP contribution in [0, 0.1) is 0 Å². The van der Waals surface area contributed by atoms with E-state index in [1.165, 1.54) is 11.1 Å². The second kappa shape index (κ2) is 7.66. The Kier molecular flexibility index (Phi) is 4.86. The van der Waals surface area contributed by atoms with Gasteiger partial charge in [0.2, 0.25) is 5.88 Å². The fourth-order valence-corrected chi connectivity index (χ4v) is 4.11. The predicted octanol–water partition coefficient (Wildman–Crippen LogP) is 3.02. The van der Waals surface area contributed by atoms with Gasteiger partial charge in [-0.3, -0.25) is 4.57 Å². The van der Waals surface area contributed by atoms with Crippen molar-refractivity contribution in [2.75, 3.05) is 13.2 Å². The highest BCUT2D eigenvalue weighted by atomic mass is 127. The molecule has 3 aromatic rings. The topological polar surface area (TPSA) is 75.5 Å². The van der Waals surface area contributed by atoms with Crippen LogP contribution in [0.5, 0.6) is 17.5 Å². The van der Waals surface area contributed by atoms with Crippen molar-refractivity contribution in [2.45, 2.75) is 23.5 Å². The zero-order valence-corrected chi connectivity index (χ0v) is 17.7. The molecule has 0 fully saturated rings. The van der Waals surface area contributed by atoms with E-state index in [4.69, 9.17) is 14.2 Å². The molecule has 0 amide bonds. The van der Waals surface area contributed by atoms with Crippen LogP contribution in [0.25, 0.3) is 11.3 Å². The van der Waals surface area contributed by atoms with E-state index in [1.54, 1.807) is 22.9 Å². The quantitative estimate of drug-likeness (QED) is 0.403. The zero-order chi connectivity index (χ0) is 19.8. The number of alkyl halides is 1. The Hall–Kier alpha value is -2.62. The third-order valence-electron chi connectivity index (χ3n) is 5.05. The Morgan fingerprint density at radius 1 is 1.28 bits per heavy atom. The zero-order valence-electron chi connectivity index (χ0n) is 15.5. The summed E-state index contributed by atoms with van der Waals surface area (Å²) in [6, 6.07) is 11.8. The van der Waals surface area contributed by atoms with Crippen LogP contribution >= 0.6 is 22.6 Å². The molecule has 5 rings (SSSR count). The first-order valence-corrected chi connectivity index (χ1v) is 10.9. The Bertz CT molecular complexity index is 1130. The van der Waals surface area contributed by atoms with Crippen molar-refractivity contribution in [3.63, 3.8) is 0 Å². The first-order chi connectivity index (χ1) is 14.2. The van der Waals surface area contributed by atoms with Crippen molar-refractivity contribution in [3.8, 4) is 28.8 Å². The van der Waals surface area contributed by atoms with E-state index >= 15 is 0 Å². The molecule has 0 spiro atoms. The number of pyridine rings is 1. The molecule has 2 aliphatic heterocycles. The van der Waals surface area contributed by atoms with Gasteiger partial charge < -0.3 is 14.2 Å². The molecule has 29 heavy (non-hydrogen) atoms. The number of halogens is 1. The van der Waals surface area contributed by atoms with Crippen molar-refractivity contribution in [1.29, 1.82) is 0 Å². The lowest BCUT2D eigenvalue weighted by Crippen LogP contribution is -2.35. The summed E-state index contributed by atoms with van der Waals surface area (Å²) in [5, 5.41) is 0. The monoisotopic (exact) mass is 503 g/mol. The molecule has 7 nitrogen and oxygen atoms in total. The predicted molar refractivity (Wildman–Crippen MR) is 115 cm³/mol.